The normalized spacial score (nSPS) is 18.4. The number of benzene rings is 1. The second-order valence-electron chi connectivity index (χ2n) is 7.24. The molecule has 1 aromatic carbocycles. The van der Waals surface area contributed by atoms with E-state index >= 15 is 0 Å². The average molecular weight is 347 g/mol. The molecular formula is C19H29N3O3. The summed E-state index contributed by atoms with van der Waals surface area (Å²) in [6, 6.07) is 7.48. The second-order valence-corrected chi connectivity index (χ2v) is 7.24. The Kier molecular flexibility index (Phi) is 6.06. The number of piperazine rings is 1. The smallest absolute Gasteiger partial charge is 0.318 e. The van der Waals surface area contributed by atoms with Crippen LogP contribution in [0.1, 0.15) is 31.9 Å². The highest BCUT2D eigenvalue weighted by atomic mass is 16.5. The minimum Gasteiger partial charge on any atom is -0.377 e. The summed E-state index contributed by atoms with van der Waals surface area (Å²) in [6.07, 6.45) is 0. The van der Waals surface area contributed by atoms with Crippen LogP contribution in [0.25, 0.3) is 0 Å². The molecule has 3 amide bonds. The third-order valence-corrected chi connectivity index (χ3v) is 4.72. The zero-order valence-electron chi connectivity index (χ0n) is 15.8. The molecule has 1 aliphatic heterocycles. The Morgan fingerprint density at radius 3 is 2.52 bits per heavy atom. The van der Waals surface area contributed by atoms with E-state index in [1.54, 1.807) is 18.9 Å². The molecule has 0 bridgehead atoms. The van der Waals surface area contributed by atoms with E-state index in [1.165, 1.54) is 5.56 Å². The number of amides is 3. The minimum atomic E-state index is -0.468. The molecule has 0 aliphatic carbocycles. The van der Waals surface area contributed by atoms with E-state index in [0.29, 0.717) is 26.2 Å². The van der Waals surface area contributed by atoms with Crippen molar-refractivity contribution in [2.24, 2.45) is 0 Å². The van der Waals surface area contributed by atoms with Crippen molar-refractivity contribution in [3.05, 3.63) is 35.4 Å². The number of hydrogen-bond acceptors (Lipinski definition) is 3. The summed E-state index contributed by atoms with van der Waals surface area (Å²) in [4.78, 5) is 28.5. The third-order valence-electron chi connectivity index (χ3n) is 4.72. The molecule has 0 spiro atoms. The molecule has 0 saturated carbocycles. The van der Waals surface area contributed by atoms with Gasteiger partial charge in [0, 0.05) is 33.3 Å². The third kappa shape index (κ3) is 4.95. The van der Waals surface area contributed by atoms with E-state index in [0.717, 1.165) is 5.56 Å². The first-order valence-corrected chi connectivity index (χ1v) is 8.67. The predicted molar refractivity (Wildman–Crippen MR) is 97.3 cm³/mol. The topological polar surface area (TPSA) is 61.9 Å². The molecule has 0 aromatic heterocycles. The highest BCUT2D eigenvalue weighted by Gasteiger charge is 2.34. The number of nitrogens with one attached hydrogen (secondary N) is 1. The number of carbonyl (C=O) groups excluding carboxylic acids is 2. The quantitative estimate of drug-likeness (QED) is 0.888. The predicted octanol–water partition coefficient (Wildman–Crippen LogP) is 2.16. The summed E-state index contributed by atoms with van der Waals surface area (Å²) >= 11 is 0. The lowest BCUT2D eigenvalue weighted by molar-refractivity contribution is -0.139. The Hall–Kier alpha value is -2.08. The maximum absolute atomic E-state index is 12.6. The van der Waals surface area contributed by atoms with Gasteiger partial charge in [-0.25, -0.2) is 4.79 Å². The van der Waals surface area contributed by atoms with Gasteiger partial charge in [0.25, 0.3) is 0 Å². The van der Waals surface area contributed by atoms with Gasteiger partial charge >= 0.3 is 6.03 Å². The highest BCUT2D eigenvalue weighted by molar-refractivity contribution is 5.88. The molecule has 6 heteroatoms. The zero-order valence-corrected chi connectivity index (χ0v) is 15.8. The highest BCUT2D eigenvalue weighted by Crippen LogP contribution is 2.16. The standard InChI is InChI=1S/C19H29N3O3/c1-14-6-8-16(9-7-14)12-21-10-11-22(15(2)17(21)23)18(24)20-13-19(3,4)25-5/h6-9,15H,10-13H2,1-5H3,(H,20,24)/t15-/m1/s1. The molecule has 1 aromatic rings. The van der Waals surface area contributed by atoms with Gasteiger partial charge < -0.3 is 19.9 Å². The number of carbonyl (C=O) groups is 2. The van der Waals surface area contributed by atoms with Crippen LogP contribution in [-0.4, -0.2) is 60.1 Å². The number of methoxy groups -OCH3 is 1. The second kappa shape index (κ2) is 7.87. The van der Waals surface area contributed by atoms with Gasteiger partial charge in [-0.05, 0) is 33.3 Å². The molecule has 1 atom stereocenters. The summed E-state index contributed by atoms with van der Waals surface area (Å²) in [7, 11) is 1.61. The Balaban J connectivity index is 1.94. The zero-order chi connectivity index (χ0) is 18.6. The summed E-state index contributed by atoms with van der Waals surface area (Å²) in [6.45, 7) is 9.67. The molecule has 0 unspecified atom stereocenters. The van der Waals surface area contributed by atoms with Crippen LogP contribution in [0.15, 0.2) is 24.3 Å². The molecule has 1 aliphatic rings. The van der Waals surface area contributed by atoms with Crippen LogP contribution in [0.4, 0.5) is 4.79 Å². The van der Waals surface area contributed by atoms with Crippen LogP contribution in [0.3, 0.4) is 0 Å². The lowest BCUT2D eigenvalue weighted by atomic mass is 10.1. The maximum atomic E-state index is 12.6. The van der Waals surface area contributed by atoms with E-state index in [-0.39, 0.29) is 11.9 Å². The number of urea groups is 1. The van der Waals surface area contributed by atoms with Gasteiger partial charge in [0.15, 0.2) is 0 Å². The lowest BCUT2D eigenvalue weighted by Gasteiger charge is -2.39. The monoisotopic (exact) mass is 347 g/mol. The average Bonchev–Trinajstić information content (AvgIpc) is 2.59. The first-order chi connectivity index (χ1) is 11.7. The van der Waals surface area contributed by atoms with Crippen molar-refractivity contribution < 1.29 is 14.3 Å². The van der Waals surface area contributed by atoms with Crippen LogP contribution in [0.2, 0.25) is 0 Å². The largest absolute Gasteiger partial charge is 0.377 e. The van der Waals surface area contributed by atoms with Crippen molar-refractivity contribution in [2.45, 2.75) is 45.9 Å². The first kappa shape index (κ1) is 19.2. The van der Waals surface area contributed by atoms with Crippen LogP contribution < -0.4 is 5.32 Å². The summed E-state index contributed by atoms with van der Waals surface area (Å²) in [5.41, 5.74) is 1.87. The van der Waals surface area contributed by atoms with E-state index in [4.69, 9.17) is 4.74 Å². The van der Waals surface area contributed by atoms with Crippen LogP contribution in [0, 0.1) is 6.92 Å². The fraction of sp³-hybridized carbons (Fsp3) is 0.579. The Morgan fingerprint density at radius 2 is 1.92 bits per heavy atom. The van der Waals surface area contributed by atoms with Gasteiger partial charge in [0.1, 0.15) is 6.04 Å². The molecular weight excluding hydrogens is 318 g/mol. The number of nitrogens with zero attached hydrogens (tertiary/aromatic N) is 2. The number of aryl methyl sites for hydroxylation is 1. The fourth-order valence-electron chi connectivity index (χ4n) is 2.74. The van der Waals surface area contributed by atoms with Crippen molar-refractivity contribution in [1.82, 2.24) is 15.1 Å². The fourth-order valence-corrected chi connectivity index (χ4v) is 2.74. The van der Waals surface area contributed by atoms with E-state index < -0.39 is 11.6 Å². The molecule has 1 N–H and O–H groups in total. The Bertz CT molecular complexity index is 613. The van der Waals surface area contributed by atoms with Crippen molar-refractivity contribution in [3.63, 3.8) is 0 Å². The van der Waals surface area contributed by atoms with Crippen LogP contribution in [0.5, 0.6) is 0 Å². The Labute approximate surface area is 150 Å². The van der Waals surface area contributed by atoms with E-state index in [2.05, 4.69) is 5.32 Å². The molecule has 1 heterocycles. The maximum Gasteiger partial charge on any atom is 0.318 e. The molecule has 2 rings (SSSR count). The van der Waals surface area contributed by atoms with Crippen molar-refractivity contribution in [3.8, 4) is 0 Å². The number of hydrogen-bond donors (Lipinski definition) is 1. The summed E-state index contributed by atoms with van der Waals surface area (Å²) < 4.78 is 5.31. The molecule has 6 nitrogen and oxygen atoms in total. The van der Waals surface area contributed by atoms with Gasteiger partial charge in [-0.2, -0.15) is 0 Å². The number of ether oxygens (including phenoxy) is 1. The van der Waals surface area contributed by atoms with Gasteiger partial charge in [0.05, 0.1) is 5.60 Å². The van der Waals surface area contributed by atoms with E-state index in [1.807, 2.05) is 49.9 Å². The number of rotatable bonds is 5. The van der Waals surface area contributed by atoms with Gasteiger partial charge in [-0.3, -0.25) is 4.79 Å². The van der Waals surface area contributed by atoms with Gasteiger partial charge in [-0.1, -0.05) is 29.8 Å². The summed E-state index contributed by atoms with van der Waals surface area (Å²) in [5.74, 6) is -0.0204. The van der Waals surface area contributed by atoms with Crippen LogP contribution in [-0.2, 0) is 16.1 Å². The molecule has 138 valence electrons. The van der Waals surface area contributed by atoms with Gasteiger partial charge in [0.2, 0.25) is 5.91 Å². The molecule has 1 saturated heterocycles. The molecule has 0 radical (unpaired) electrons. The molecule has 1 fully saturated rings. The Morgan fingerprint density at radius 1 is 1.28 bits per heavy atom. The lowest BCUT2D eigenvalue weighted by Crippen LogP contribution is -2.60. The minimum absolute atomic E-state index is 0.0204. The molecule has 25 heavy (non-hydrogen) atoms. The SMILES string of the molecule is COC(C)(C)CNC(=O)N1CCN(Cc2ccc(C)cc2)C(=O)[C@H]1C. The van der Waals surface area contributed by atoms with Gasteiger partial charge in [-0.15, -0.1) is 0 Å². The first-order valence-electron chi connectivity index (χ1n) is 8.67. The summed E-state index contributed by atoms with van der Waals surface area (Å²) in [5, 5.41) is 2.86. The van der Waals surface area contributed by atoms with Crippen LogP contribution >= 0.6 is 0 Å². The van der Waals surface area contributed by atoms with Crippen molar-refractivity contribution in [1.29, 1.82) is 0 Å². The van der Waals surface area contributed by atoms with E-state index in [9.17, 15) is 9.59 Å². The van der Waals surface area contributed by atoms with Crippen molar-refractivity contribution in [2.75, 3.05) is 26.7 Å². The van der Waals surface area contributed by atoms with Crippen molar-refractivity contribution >= 4 is 11.9 Å².